The number of hydrogen-bond acceptors (Lipinski definition) is 2. The van der Waals surface area contributed by atoms with E-state index in [0.717, 1.165) is 47.8 Å². The van der Waals surface area contributed by atoms with Gasteiger partial charge in [0.1, 0.15) is 0 Å². The molecular weight excluding hydrogens is 276 g/mol. The van der Waals surface area contributed by atoms with E-state index >= 15 is 0 Å². The largest absolute Gasteiger partial charge is 0.326 e. The molecule has 4 nitrogen and oxygen atoms in total. The van der Waals surface area contributed by atoms with Gasteiger partial charge in [0.15, 0.2) is 0 Å². The minimum Gasteiger partial charge on any atom is -0.326 e. The van der Waals surface area contributed by atoms with E-state index in [4.69, 9.17) is 0 Å². The zero-order chi connectivity index (χ0) is 15.9. The predicted octanol–water partition coefficient (Wildman–Crippen LogP) is 3.39. The summed E-state index contributed by atoms with van der Waals surface area (Å²) in [7, 11) is 0. The molecule has 1 amide bonds. The summed E-state index contributed by atoms with van der Waals surface area (Å²) in [6.45, 7) is 5.63. The highest BCUT2D eigenvalue weighted by molar-refractivity contribution is 5.96. The quantitative estimate of drug-likeness (QED) is 0.847. The molecule has 0 radical (unpaired) electrons. The molecule has 1 aromatic carbocycles. The Morgan fingerprint density at radius 2 is 1.82 bits per heavy atom. The van der Waals surface area contributed by atoms with Crippen LogP contribution in [0.1, 0.15) is 44.7 Å². The number of amides is 1. The lowest BCUT2D eigenvalue weighted by atomic mass is 9.90. The zero-order valence-electron chi connectivity index (χ0n) is 13.4. The highest BCUT2D eigenvalue weighted by Gasteiger charge is 2.21. The van der Waals surface area contributed by atoms with Crippen LogP contribution in [0.25, 0.3) is 10.9 Å². The number of anilines is 1. The molecule has 0 bridgehead atoms. The molecule has 1 heterocycles. The SMILES string of the molecule is CC(C)(C)C(=O)Nc1ccc2c3c(c(=O)[nH]c2c1)CCCC3. The summed E-state index contributed by atoms with van der Waals surface area (Å²) in [6, 6.07) is 5.78. The van der Waals surface area contributed by atoms with Gasteiger partial charge in [-0.05, 0) is 43.4 Å². The lowest BCUT2D eigenvalue weighted by molar-refractivity contribution is -0.123. The maximum atomic E-state index is 12.2. The van der Waals surface area contributed by atoms with Crippen molar-refractivity contribution in [2.24, 2.45) is 5.41 Å². The number of nitrogens with one attached hydrogen (secondary N) is 2. The van der Waals surface area contributed by atoms with Crippen LogP contribution in [0.15, 0.2) is 23.0 Å². The molecule has 0 spiro atoms. The van der Waals surface area contributed by atoms with Crippen molar-refractivity contribution in [2.45, 2.75) is 46.5 Å². The number of aromatic amines is 1. The molecule has 3 rings (SSSR count). The van der Waals surface area contributed by atoms with Gasteiger partial charge >= 0.3 is 0 Å². The van der Waals surface area contributed by atoms with Gasteiger partial charge in [-0.15, -0.1) is 0 Å². The predicted molar refractivity (Wildman–Crippen MR) is 89.3 cm³/mol. The number of aromatic nitrogens is 1. The molecule has 22 heavy (non-hydrogen) atoms. The van der Waals surface area contributed by atoms with Crippen molar-refractivity contribution in [3.8, 4) is 0 Å². The summed E-state index contributed by atoms with van der Waals surface area (Å²) in [6.07, 6.45) is 4.04. The lowest BCUT2D eigenvalue weighted by Gasteiger charge is -2.19. The fourth-order valence-corrected chi connectivity index (χ4v) is 2.96. The third-order valence-corrected chi connectivity index (χ3v) is 4.27. The van der Waals surface area contributed by atoms with Crippen molar-refractivity contribution in [3.05, 3.63) is 39.7 Å². The van der Waals surface area contributed by atoms with E-state index in [-0.39, 0.29) is 11.5 Å². The topological polar surface area (TPSA) is 62.0 Å². The number of hydrogen-bond donors (Lipinski definition) is 2. The highest BCUT2D eigenvalue weighted by atomic mass is 16.2. The van der Waals surface area contributed by atoms with Gasteiger partial charge in [0.25, 0.3) is 5.56 Å². The second kappa shape index (κ2) is 5.27. The number of H-pyrrole nitrogens is 1. The van der Waals surface area contributed by atoms with Gasteiger partial charge in [-0.1, -0.05) is 26.8 Å². The van der Waals surface area contributed by atoms with Crippen molar-refractivity contribution >= 4 is 22.5 Å². The van der Waals surface area contributed by atoms with Crippen molar-refractivity contribution < 1.29 is 4.79 Å². The van der Waals surface area contributed by atoms with Crippen LogP contribution in [0.4, 0.5) is 5.69 Å². The smallest absolute Gasteiger partial charge is 0.251 e. The normalized spacial score (nSPS) is 14.7. The van der Waals surface area contributed by atoms with E-state index < -0.39 is 5.41 Å². The van der Waals surface area contributed by atoms with E-state index in [1.165, 1.54) is 5.56 Å². The number of carbonyl (C=O) groups excluding carboxylic acids is 1. The molecule has 0 atom stereocenters. The number of fused-ring (bicyclic) bond motifs is 3. The van der Waals surface area contributed by atoms with Crippen LogP contribution in [0.3, 0.4) is 0 Å². The number of benzene rings is 1. The maximum Gasteiger partial charge on any atom is 0.251 e. The standard InChI is InChI=1S/C18H22N2O2/c1-18(2,3)17(22)19-11-8-9-13-12-6-4-5-7-14(12)16(21)20-15(13)10-11/h8-10H,4-7H2,1-3H3,(H,19,22)(H,20,21). The van der Waals surface area contributed by atoms with Crippen molar-refractivity contribution in [2.75, 3.05) is 5.32 Å². The Morgan fingerprint density at radius 1 is 1.14 bits per heavy atom. The molecule has 0 saturated heterocycles. The number of pyridine rings is 1. The van der Waals surface area contributed by atoms with Crippen LogP contribution >= 0.6 is 0 Å². The van der Waals surface area contributed by atoms with Gasteiger partial charge in [-0.25, -0.2) is 0 Å². The van der Waals surface area contributed by atoms with E-state index in [2.05, 4.69) is 10.3 Å². The second-order valence-corrected chi connectivity index (χ2v) is 7.08. The highest BCUT2D eigenvalue weighted by Crippen LogP contribution is 2.27. The molecule has 0 unspecified atom stereocenters. The first-order valence-corrected chi connectivity index (χ1v) is 7.85. The van der Waals surface area contributed by atoms with Gasteiger partial charge in [0.05, 0.1) is 5.52 Å². The Bertz CT molecular complexity index is 797. The molecule has 2 N–H and O–H groups in total. The molecule has 0 fully saturated rings. The summed E-state index contributed by atoms with van der Waals surface area (Å²) < 4.78 is 0. The molecule has 0 aliphatic heterocycles. The molecule has 1 aliphatic carbocycles. The van der Waals surface area contributed by atoms with Crippen LogP contribution in [0, 0.1) is 5.41 Å². The molecule has 1 aliphatic rings. The fourth-order valence-electron chi connectivity index (χ4n) is 2.96. The van der Waals surface area contributed by atoms with E-state index in [9.17, 15) is 9.59 Å². The maximum absolute atomic E-state index is 12.2. The Labute approximate surface area is 129 Å². The molecular formula is C18H22N2O2. The van der Waals surface area contributed by atoms with Crippen molar-refractivity contribution in [3.63, 3.8) is 0 Å². The van der Waals surface area contributed by atoms with E-state index in [0.29, 0.717) is 0 Å². The molecule has 116 valence electrons. The third-order valence-electron chi connectivity index (χ3n) is 4.27. The van der Waals surface area contributed by atoms with Gasteiger partial charge in [0.2, 0.25) is 5.91 Å². The summed E-state index contributed by atoms with van der Waals surface area (Å²) in [5.74, 6) is -0.0350. The lowest BCUT2D eigenvalue weighted by Crippen LogP contribution is -2.27. The van der Waals surface area contributed by atoms with Crippen LogP contribution in [0.5, 0.6) is 0 Å². The van der Waals surface area contributed by atoms with Crippen LogP contribution in [-0.2, 0) is 17.6 Å². The first-order chi connectivity index (χ1) is 10.4. The first kappa shape index (κ1) is 14.8. The fraction of sp³-hybridized carbons (Fsp3) is 0.444. The summed E-state index contributed by atoms with van der Waals surface area (Å²) in [4.78, 5) is 27.3. The Morgan fingerprint density at radius 3 is 2.50 bits per heavy atom. The molecule has 1 aromatic heterocycles. The van der Waals surface area contributed by atoms with E-state index in [1.54, 1.807) is 0 Å². The van der Waals surface area contributed by atoms with Gasteiger partial charge in [0, 0.05) is 22.1 Å². The minimum absolute atomic E-state index is 0.0153. The summed E-state index contributed by atoms with van der Waals surface area (Å²) in [5.41, 5.74) is 3.21. The van der Waals surface area contributed by atoms with Gasteiger partial charge < -0.3 is 10.3 Å². The minimum atomic E-state index is -0.446. The summed E-state index contributed by atoms with van der Waals surface area (Å²) in [5, 5.41) is 4.01. The Hall–Kier alpha value is -2.10. The van der Waals surface area contributed by atoms with Gasteiger partial charge in [-0.3, -0.25) is 9.59 Å². The number of carbonyl (C=O) groups is 1. The van der Waals surface area contributed by atoms with E-state index in [1.807, 2.05) is 39.0 Å². The second-order valence-electron chi connectivity index (χ2n) is 7.08. The van der Waals surface area contributed by atoms with Crippen LogP contribution < -0.4 is 10.9 Å². The molecule has 4 heteroatoms. The average molecular weight is 298 g/mol. The first-order valence-electron chi connectivity index (χ1n) is 7.85. The Balaban J connectivity index is 2.04. The van der Waals surface area contributed by atoms with Crippen molar-refractivity contribution in [1.82, 2.24) is 4.98 Å². The number of rotatable bonds is 1. The molecule has 2 aromatic rings. The van der Waals surface area contributed by atoms with Gasteiger partial charge in [-0.2, -0.15) is 0 Å². The summed E-state index contributed by atoms with van der Waals surface area (Å²) >= 11 is 0. The zero-order valence-corrected chi connectivity index (χ0v) is 13.4. The Kier molecular flexibility index (Phi) is 3.55. The average Bonchev–Trinajstić information content (AvgIpc) is 2.46. The monoisotopic (exact) mass is 298 g/mol. The van der Waals surface area contributed by atoms with Crippen LogP contribution in [-0.4, -0.2) is 10.9 Å². The number of aryl methyl sites for hydroxylation is 1. The van der Waals surface area contributed by atoms with Crippen molar-refractivity contribution in [1.29, 1.82) is 0 Å². The van der Waals surface area contributed by atoms with Crippen LogP contribution in [0.2, 0.25) is 0 Å². The third kappa shape index (κ3) is 2.65. The molecule has 0 saturated carbocycles.